The Bertz CT molecular complexity index is 415. The first-order valence-electron chi connectivity index (χ1n) is 16.4. The molecule has 0 aromatic rings. The molecule has 1 fully saturated rings. The number of hydrogen-bond acceptors (Lipinski definition) is 4. The molecule has 0 aromatic heterocycles. The molecule has 224 valence electrons. The summed E-state index contributed by atoms with van der Waals surface area (Å²) in [6, 6.07) is 0.407. The molecule has 0 spiro atoms. The van der Waals surface area contributed by atoms with Crippen LogP contribution in [0.5, 0.6) is 0 Å². The van der Waals surface area contributed by atoms with E-state index in [1.54, 1.807) is 0 Å². The summed E-state index contributed by atoms with van der Waals surface area (Å²) in [4.78, 5) is 2.54. The first-order chi connectivity index (χ1) is 17.7. The summed E-state index contributed by atoms with van der Waals surface area (Å²) in [5.41, 5.74) is 0. The predicted octanol–water partition coefficient (Wildman–Crippen LogP) is 9.45. The number of unbranched alkanes of at least 4 members (excludes halogenated alkanes) is 18. The normalized spacial score (nSPS) is 18.0. The van der Waals surface area contributed by atoms with Crippen molar-refractivity contribution in [2.24, 2.45) is 0 Å². The molecule has 0 bridgehead atoms. The average molecular weight is 592 g/mol. The molecule has 37 heavy (non-hydrogen) atoms. The third kappa shape index (κ3) is 20.8. The van der Waals surface area contributed by atoms with Gasteiger partial charge in [-0.15, -0.1) is 17.0 Å². The summed E-state index contributed by atoms with van der Waals surface area (Å²) < 4.78 is 12.6. The highest BCUT2D eigenvalue weighted by atomic mass is 79.9. The fraction of sp³-hybridized carbons (Fsp3) is 1.00. The van der Waals surface area contributed by atoms with Crippen molar-refractivity contribution in [1.82, 2.24) is 10.2 Å². The highest BCUT2D eigenvalue weighted by Crippen LogP contribution is 2.17. The van der Waals surface area contributed by atoms with Crippen molar-refractivity contribution in [2.45, 2.75) is 174 Å². The highest BCUT2D eigenvalue weighted by molar-refractivity contribution is 8.93. The Morgan fingerprint density at radius 3 is 1.49 bits per heavy atom. The van der Waals surface area contributed by atoms with Crippen LogP contribution in [0.2, 0.25) is 0 Å². The van der Waals surface area contributed by atoms with Gasteiger partial charge in [0.1, 0.15) is 6.23 Å². The molecule has 0 amide bonds. The fourth-order valence-electron chi connectivity index (χ4n) is 5.54. The quantitative estimate of drug-likeness (QED) is 0.102. The van der Waals surface area contributed by atoms with Gasteiger partial charge in [-0.1, -0.05) is 129 Å². The largest absolute Gasteiger partial charge is 0.377 e. The van der Waals surface area contributed by atoms with Gasteiger partial charge in [-0.2, -0.15) is 0 Å². The van der Waals surface area contributed by atoms with Gasteiger partial charge in [-0.3, -0.25) is 4.90 Å². The standard InChI is InChI=1S/C32H66N2O2.BrH/c1-5-7-9-11-13-15-17-19-21-23-27-35-30(3)32-29-33-25-26-34(32)31(4)36-28-24-22-20-18-16-14-12-10-8-6-2;/h30-33H,5-29H2,1-4H3;1H. The first-order valence-corrected chi connectivity index (χ1v) is 16.4. The minimum absolute atomic E-state index is 0. The van der Waals surface area contributed by atoms with Gasteiger partial charge in [0.15, 0.2) is 0 Å². The molecule has 1 rings (SSSR count). The Labute approximate surface area is 243 Å². The minimum Gasteiger partial charge on any atom is -0.377 e. The number of hydrogen-bond donors (Lipinski definition) is 1. The summed E-state index contributed by atoms with van der Waals surface area (Å²) in [5, 5.41) is 3.58. The van der Waals surface area contributed by atoms with Gasteiger partial charge in [0.2, 0.25) is 0 Å². The molecule has 0 saturated carbocycles. The number of piperazine rings is 1. The topological polar surface area (TPSA) is 33.7 Å². The summed E-state index contributed by atoms with van der Waals surface area (Å²) in [5.74, 6) is 0. The van der Waals surface area contributed by atoms with E-state index in [9.17, 15) is 0 Å². The molecule has 1 N–H and O–H groups in total. The number of rotatable bonds is 26. The maximum absolute atomic E-state index is 6.31. The van der Waals surface area contributed by atoms with Gasteiger partial charge >= 0.3 is 0 Å². The minimum atomic E-state index is 0. The van der Waals surface area contributed by atoms with Gasteiger partial charge in [0.25, 0.3) is 0 Å². The third-order valence-corrected chi connectivity index (χ3v) is 8.07. The second-order valence-corrected chi connectivity index (χ2v) is 11.4. The van der Waals surface area contributed by atoms with Crippen molar-refractivity contribution in [2.75, 3.05) is 32.8 Å². The molecule has 0 aromatic carbocycles. The second kappa shape index (κ2) is 27.9. The lowest BCUT2D eigenvalue weighted by atomic mass is 10.1. The monoisotopic (exact) mass is 590 g/mol. The third-order valence-electron chi connectivity index (χ3n) is 8.07. The Morgan fingerprint density at radius 2 is 1.03 bits per heavy atom. The molecule has 1 saturated heterocycles. The Kier molecular flexibility index (Phi) is 28.1. The summed E-state index contributed by atoms with van der Waals surface area (Å²) >= 11 is 0. The molecule has 3 unspecified atom stereocenters. The van der Waals surface area contributed by atoms with E-state index in [-0.39, 0.29) is 29.3 Å². The maximum atomic E-state index is 6.31. The lowest BCUT2D eigenvalue weighted by Gasteiger charge is -2.42. The SMILES string of the molecule is Br.CCCCCCCCCCCCOC(C)C1CNCCN1C(C)OCCCCCCCCCCCC. The Hall–Kier alpha value is 0.320. The number of halogens is 1. The van der Waals surface area contributed by atoms with Crippen LogP contribution in [0.15, 0.2) is 0 Å². The molecular formula is C32H67BrN2O2. The van der Waals surface area contributed by atoms with E-state index in [0.29, 0.717) is 6.04 Å². The van der Waals surface area contributed by atoms with Crippen LogP contribution in [0.25, 0.3) is 0 Å². The van der Waals surface area contributed by atoms with Crippen molar-refractivity contribution in [3.63, 3.8) is 0 Å². The van der Waals surface area contributed by atoms with Crippen LogP contribution in [0.4, 0.5) is 0 Å². The van der Waals surface area contributed by atoms with Gasteiger partial charge in [0.05, 0.1) is 12.1 Å². The lowest BCUT2D eigenvalue weighted by molar-refractivity contribution is -0.108. The van der Waals surface area contributed by atoms with Crippen molar-refractivity contribution < 1.29 is 9.47 Å². The molecule has 4 nitrogen and oxygen atoms in total. The van der Waals surface area contributed by atoms with E-state index >= 15 is 0 Å². The van der Waals surface area contributed by atoms with Crippen LogP contribution in [0.1, 0.15) is 156 Å². The van der Waals surface area contributed by atoms with Crippen LogP contribution in [0.3, 0.4) is 0 Å². The molecular weight excluding hydrogens is 524 g/mol. The van der Waals surface area contributed by atoms with Gasteiger partial charge in [-0.05, 0) is 26.7 Å². The average Bonchev–Trinajstić information content (AvgIpc) is 2.90. The van der Waals surface area contributed by atoms with Gasteiger partial charge < -0.3 is 14.8 Å². The zero-order valence-electron chi connectivity index (χ0n) is 25.6. The molecule has 1 aliphatic rings. The van der Waals surface area contributed by atoms with Crippen molar-refractivity contribution in [3.05, 3.63) is 0 Å². The summed E-state index contributed by atoms with van der Waals surface area (Å²) in [6.45, 7) is 14.0. The van der Waals surface area contributed by atoms with Crippen LogP contribution >= 0.6 is 17.0 Å². The van der Waals surface area contributed by atoms with E-state index in [1.807, 2.05) is 0 Å². The van der Waals surface area contributed by atoms with Crippen LogP contribution in [-0.4, -0.2) is 56.1 Å². The van der Waals surface area contributed by atoms with Crippen molar-refractivity contribution in [3.8, 4) is 0 Å². The Morgan fingerprint density at radius 1 is 0.622 bits per heavy atom. The lowest BCUT2D eigenvalue weighted by Crippen LogP contribution is -2.59. The molecule has 1 aliphatic heterocycles. The first kappa shape index (κ1) is 37.3. The van der Waals surface area contributed by atoms with Gasteiger partial charge in [-0.25, -0.2) is 0 Å². The smallest absolute Gasteiger partial charge is 0.108 e. The van der Waals surface area contributed by atoms with Crippen LogP contribution < -0.4 is 5.32 Å². The molecule has 0 aliphatic carbocycles. The van der Waals surface area contributed by atoms with Crippen LogP contribution in [-0.2, 0) is 9.47 Å². The van der Waals surface area contributed by atoms with E-state index in [4.69, 9.17) is 9.47 Å². The molecule has 3 atom stereocenters. The molecule has 0 radical (unpaired) electrons. The van der Waals surface area contributed by atoms with Crippen molar-refractivity contribution >= 4 is 17.0 Å². The zero-order valence-corrected chi connectivity index (χ0v) is 27.3. The second-order valence-electron chi connectivity index (χ2n) is 11.4. The number of nitrogens with zero attached hydrogens (tertiary/aromatic N) is 1. The summed E-state index contributed by atoms with van der Waals surface area (Å²) in [7, 11) is 0. The number of nitrogens with one attached hydrogen (secondary N) is 1. The van der Waals surface area contributed by atoms with E-state index < -0.39 is 0 Å². The van der Waals surface area contributed by atoms with E-state index in [2.05, 4.69) is 37.9 Å². The van der Waals surface area contributed by atoms with Gasteiger partial charge in [0, 0.05) is 32.8 Å². The van der Waals surface area contributed by atoms with E-state index in [1.165, 1.54) is 128 Å². The maximum Gasteiger partial charge on any atom is 0.108 e. The predicted molar refractivity (Wildman–Crippen MR) is 168 cm³/mol. The van der Waals surface area contributed by atoms with Crippen molar-refractivity contribution in [1.29, 1.82) is 0 Å². The Balaban J connectivity index is 0.0000130. The fourth-order valence-corrected chi connectivity index (χ4v) is 5.54. The molecule has 5 heteroatoms. The van der Waals surface area contributed by atoms with Crippen LogP contribution in [0, 0.1) is 0 Å². The van der Waals surface area contributed by atoms with E-state index in [0.717, 1.165) is 32.8 Å². The zero-order chi connectivity index (χ0) is 26.1. The highest BCUT2D eigenvalue weighted by Gasteiger charge is 2.31. The molecule has 1 heterocycles. The summed E-state index contributed by atoms with van der Waals surface area (Å²) in [6.07, 6.45) is 27.9. The number of ether oxygens (including phenoxy) is 2.